The molecule has 0 aliphatic carbocycles. The Morgan fingerprint density at radius 2 is 2.05 bits per heavy atom. The average molecular weight is 301 g/mol. The first kappa shape index (κ1) is 15.5. The lowest BCUT2D eigenvalue weighted by atomic mass is 9.95. The number of nitrogens with one attached hydrogen (secondary N) is 1. The molecule has 0 radical (unpaired) electrons. The number of benzene rings is 1. The largest absolute Gasteiger partial charge is 0.340 e. The molecule has 120 valence electrons. The summed E-state index contributed by atoms with van der Waals surface area (Å²) in [6, 6.07) is 11.0. The van der Waals surface area contributed by atoms with Crippen LogP contribution in [0.2, 0.25) is 0 Å². The van der Waals surface area contributed by atoms with E-state index in [9.17, 15) is 4.79 Å². The lowest BCUT2D eigenvalue weighted by molar-refractivity contribution is -0.138. The number of piperazine rings is 1. The topological polar surface area (TPSA) is 35.6 Å². The summed E-state index contributed by atoms with van der Waals surface area (Å²) >= 11 is 0. The average Bonchev–Trinajstić information content (AvgIpc) is 2.55. The second-order valence-electron chi connectivity index (χ2n) is 6.70. The minimum atomic E-state index is 0.183. The summed E-state index contributed by atoms with van der Waals surface area (Å²) in [6.45, 7) is 7.77. The van der Waals surface area contributed by atoms with E-state index >= 15 is 0 Å². The molecule has 2 aliphatic heterocycles. The van der Waals surface area contributed by atoms with Crippen LogP contribution in [0.25, 0.3) is 0 Å². The first-order valence-electron chi connectivity index (χ1n) is 8.51. The number of hydrogen-bond donors (Lipinski definition) is 1. The minimum Gasteiger partial charge on any atom is -0.340 e. The van der Waals surface area contributed by atoms with Crippen molar-refractivity contribution in [2.45, 2.75) is 32.4 Å². The van der Waals surface area contributed by atoms with E-state index < -0.39 is 0 Å². The van der Waals surface area contributed by atoms with E-state index in [4.69, 9.17) is 0 Å². The van der Waals surface area contributed by atoms with Gasteiger partial charge in [-0.25, -0.2) is 0 Å². The van der Waals surface area contributed by atoms with E-state index in [2.05, 4.69) is 52.4 Å². The van der Waals surface area contributed by atoms with Gasteiger partial charge in [0, 0.05) is 38.8 Å². The van der Waals surface area contributed by atoms with Crippen LogP contribution in [0, 0.1) is 5.92 Å². The molecule has 2 atom stereocenters. The molecule has 22 heavy (non-hydrogen) atoms. The van der Waals surface area contributed by atoms with Crippen molar-refractivity contribution in [1.29, 1.82) is 0 Å². The van der Waals surface area contributed by atoms with Gasteiger partial charge in [-0.2, -0.15) is 0 Å². The quantitative estimate of drug-likeness (QED) is 0.923. The van der Waals surface area contributed by atoms with Crippen LogP contribution in [0.15, 0.2) is 30.3 Å². The second kappa shape index (κ2) is 7.25. The van der Waals surface area contributed by atoms with Gasteiger partial charge in [0.1, 0.15) is 0 Å². The molecule has 0 aromatic heterocycles. The van der Waals surface area contributed by atoms with E-state index in [1.165, 1.54) is 5.56 Å². The van der Waals surface area contributed by atoms with Gasteiger partial charge in [0.25, 0.3) is 0 Å². The van der Waals surface area contributed by atoms with Gasteiger partial charge in [0.05, 0.1) is 5.92 Å². The number of hydrogen-bond acceptors (Lipinski definition) is 3. The highest BCUT2D eigenvalue weighted by Crippen LogP contribution is 2.21. The molecule has 0 bridgehead atoms. The van der Waals surface area contributed by atoms with Crippen molar-refractivity contribution in [3.05, 3.63) is 35.9 Å². The molecule has 1 aromatic rings. The monoisotopic (exact) mass is 301 g/mol. The molecule has 1 amide bonds. The van der Waals surface area contributed by atoms with Crippen molar-refractivity contribution in [1.82, 2.24) is 15.1 Å². The van der Waals surface area contributed by atoms with Crippen LogP contribution < -0.4 is 5.32 Å². The lowest BCUT2D eigenvalue weighted by Gasteiger charge is -2.38. The van der Waals surface area contributed by atoms with E-state index in [0.717, 1.165) is 52.1 Å². The fourth-order valence-corrected chi connectivity index (χ4v) is 3.63. The predicted molar refractivity (Wildman–Crippen MR) is 88.5 cm³/mol. The zero-order valence-corrected chi connectivity index (χ0v) is 13.5. The summed E-state index contributed by atoms with van der Waals surface area (Å²) in [7, 11) is 0. The van der Waals surface area contributed by atoms with Crippen molar-refractivity contribution in [3.63, 3.8) is 0 Å². The van der Waals surface area contributed by atoms with Gasteiger partial charge in [0.15, 0.2) is 0 Å². The molecule has 2 heterocycles. The molecule has 0 saturated carbocycles. The van der Waals surface area contributed by atoms with Crippen LogP contribution in [0.3, 0.4) is 0 Å². The molecule has 2 aliphatic rings. The number of likely N-dealkylation sites (tertiary alicyclic amines) is 1. The Labute approximate surface area is 133 Å². The maximum atomic E-state index is 12.8. The van der Waals surface area contributed by atoms with Gasteiger partial charge in [-0.15, -0.1) is 0 Å². The summed E-state index contributed by atoms with van der Waals surface area (Å²) in [5, 5.41) is 3.41. The predicted octanol–water partition coefficient (Wildman–Crippen LogP) is 1.72. The van der Waals surface area contributed by atoms with E-state index in [-0.39, 0.29) is 5.92 Å². The van der Waals surface area contributed by atoms with Crippen LogP contribution in [-0.2, 0) is 11.3 Å². The van der Waals surface area contributed by atoms with Gasteiger partial charge >= 0.3 is 0 Å². The maximum Gasteiger partial charge on any atom is 0.227 e. The van der Waals surface area contributed by atoms with Crippen molar-refractivity contribution < 1.29 is 4.79 Å². The van der Waals surface area contributed by atoms with Crippen LogP contribution in [0.5, 0.6) is 0 Å². The lowest BCUT2D eigenvalue weighted by Crippen LogP contribution is -2.54. The number of rotatable bonds is 3. The molecule has 4 heteroatoms. The second-order valence-corrected chi connectivity index (χ2v) is 6.70. The van der Waals surface area contributed by atoms with Gasteiger partial charge in [-0.1, -0.05) is 30.3 Å². The van der Waals surface area contributed by atoms with Gasteiger partial charge in [-0.05, 0) is 31.9 Å². The molecule has 2 fully saturated rings. The van der Waals surface area contributed by atoms with Crippen LogP contribution >= 0.6 is 0 Å². The van der Waals surface area contributed by atoms with E-state index in [0.29, 0.717) is 11.9 Å². The number of carbonyl (C=O) groups excluding carboxylic acids is 1. The third-order valence-electron chi connectivity index (χ3n) is 4.78. The first-order valence-corrected chi connectivity index (χ1v) is 8.51. The van der Waals surface area contributed by atoms with Crippen molar-refractivity contribution in [2.75, 3.05) is 32.7 Å². The smallest absolute Gasteiger partial charge is 0.227 e. The van der Waals surface area contributed by atoms with Crippen molar-refractivity contribution in [3.8, 4) is 0 Å². The molecule has 0 spiro atoms. The third kappa shape index (κ3) is 3.87. The van der Waals surface area contributed by atoms with Crippen LogP contribution in [0.1, 0.15) is 25.3 Å². The highest BCUT2D eigenvalue weighted by molar-refractivity contribution is 5.79. The summed E-state index contributed by atoms with van der Waals surface area (Å²) in [6.07, 6.45) is 2.17. The fraction of sp³-hybridized carbons (Fsp3) is 0.611. The molecule has 2 unspecified atom stereocenters. The van der Waals surface area contributed by atoms with Gasteiger partial charge in [-0.3, -0.25) is 9.69 Å². The van der Waals surface area contributed by atoms with Crippen LogP contribution in [-0.4, -0.2) is 54.5 Å². The zero-order valence-electron chi connectivity index (χ0n) is 13.5. The van der Waals surface area contributed by atoms with Crippen LogP contribution in [0.4, 0.5) is 0 Å². The summed E-state index contributed by atoms with van der Waals surface area (Å²) in [5.74, 6) is 0.550. The molecule has 4 nitrogen and oxygen atoms in total. The SMILES string of the molecule is CC1CN(C(=O)C2CCCN(Cc3ccccc3)C2)CCN1. The summed E-state index contributed by atoms with van der Waals surface area (Å²) in [5.41, 5.74) is 1.34. The number of amides is 1. The first-order chi connectivity index (χ1) is 10.7. The zero-order chi connectivity index (χ0) is 15.4. The number of piperidine rings is 1. The Bertz CT molecular complexity index is 490. The van der Waals surface area contributed by atoms with Crippen molar-refractivity contribution >= 4 is 5.91 Å². The molecular formula is C18H27N3O. The minimum absolute atomic E-state index is 0.183. The highest BCUT2D eigenvalue weighted by Gasteiger charge is 2.30. The van der Waals surface area contributed by atoms with Gasteiger partial charge in [0.2, 0.25) is 5.91 Å². The Morgan fingerprint density at radius 1 is 1.23 bits per heavy atom. The van der Waals surface area contributed by atoms with Gasteiger partial charge < -0.3 is 10.2 Å². The Kier molecular flexibility index (Phi) is 5.11. The highest BCUT2D eigenvalue weighted by atomic mass is 16.2. The van der Waals surface area contributed by atoms with E-state index in [1.807, 2.05) is 0 Å². The molecular weight excluding hydrogens is 274 g/mol. The molecule has 3 rings (SSSR count). The molecule has 1 N–H and O–H groups in total. The summed E-state index contributed by atoms with van der Waals surface area (Å²) < 4.78 is 0. The third-order valence-corrected chi connectivity index (χ3v) is 4.78. The molecule has 2 saturated heterocycles. The summed E-state index contributed by atoms with van der Waals surface area (Å²) in [4.78, 5) is 17.3. The molecule has 1 aromatic carbocycles. The number of nitrogens with zero attached hydrogens (tertiary/aromatic N) is 2. The van der Waals surface area contributed by atoms with E-state index in [1.54, 1.807) is 0 Å². The van der Waals surface area contributed by atoms with Crippen molar-refractivity contribution in [2.24, 2.45) is 5.92 Å². The Balaban J connectivity index is 1.57. The Hall–Kier alpha value is -1.39. The Morgan fingerprint density at radius 3 is 2.82 bits per heavy atom. The standard InChI is InChI=1S/C18H27N3O/c1-15-12-21(11-9-19-15)18(22)17-8-5-10-20(14-17)13-16-6-3-2-4-7-16/h2-4,6-7,15,17,19H,5,8-14H2,1H3. The normalized spacial score (nSPS) is 26.9. The fourth-order valence-electron chi connectivity index (χ4n) is 3.63. The number of carbonyl (C=O) groups is 1. The maximum absolute atomic E-state index is 12.8.